The largest absolute Gasteiger partial charge is 0.336 e. The minimum Gasteiger partial charge on any atom is -0.336 e. The summed E-state index contributed by atoms with van der Waals surface area (Å²) < 4.78 is 13.3. The third kappa shape index (κ3) is 4.59. The van der Waals surface area contributed by atoms with Crippen molar-refractivity contribution in [1.29, 1.82) is 0 Å². The van der Waals surface area contributed by atoms with Gasteiger partial charge in [-0.3, -0.25) is 4.79 Å². The van der Waals surface area contributed by atoms with Crippen LogP contribution in [0, 0.1) is 25.2 Å². The topological polar surface area (TPSA) is 71.0 Å². The van der Waals surface area contributed by atoms with Gasteiger partial charge in [-0.1, -0.05) is 26.8 Å². The van der Waals surface area contributed by atoms with Crippen molar-refractivity contribution in [3.8, 4) is 0 Å². The normalized spacial score (nSPS) is 14.1. The van der Waals surface area contributed by atoms with Gasteiger partial charge in [-0.05, 0) is 30.9 Å². The zero-order valence-corrected chi connectivity index (χ0v) is 16.6. The van der Waals surface area contributed by atoms with E-state index in [1.807, 2.05) is 34.6 Å². The van der Waals surface area contributed by atoms with Gasteiger partial charge >= 0.3 is 0 Å². The number of carbonyl (C=O) groups excluding carboxylic acids is 1. The van der Waals surface area contributed by atoms with Crippen LogP contribution in [0.2, 0.25) is 0 Å². The Kier molecular flexibility index (Phi) is 5.13. The van der Waals surface area contributed by atoms with Crippen molar-refractivity contribution in [3.63, 3.8) is 0 Å². The Morgan fingerprint density at radius 3 is 2.48 bits per heavy atom. The van der Waals surface area contributed by atoms with E-state index in [1.54, 1.807) is 6.07 Å². The molecule has 1 aliphatic rings. The molecule has 0 radical (unpaired) electrons. The van der Waals surface area contributed by atoms with E-state index in [1.165, 1.54) is 6.07 Å². The second-order valence-corrected chi connectivity index (χ2v) is 8.27. The number of carbonyl (C=O) groups is 1. The number of fused-ring (bicyclic) bond motifs is 1. The van der Waals surface area contributed by atoms with Crippen LogP contribution in [0.4, 0.5) is 16.0 Å². The maximum atomic E-state index is 13.3. The fraction of sp³-hybridized carbons (Fsp3) is 0.500. The third-order valence-electron chi connectivity index (χ3n) is 4.51. The Labute approximate surface area is 159 Å². The monoisotopic (exact) mass is 371 g/mol. The molecular formula is C20H26FN5O. The van der Waals surface area contributed by atoms with E-state index in [9.17, 15) is 9.18 Å². The molecule has 1 amide bonds. The number of hydrogen-bond donors (Lipinski definition) is 1. The van der Waals surface area contributed by atoms with Crippen LogP contribution in [0.25, 0.3) is 0 Å². The van der Waals surface area contributed by atoms with Crippen molar-refractivity contribution in [2.45, 2.75) is 54.0 Å². The van der Waals surface area contributed by atoms with E-state index in [-0.39, 0.29) is 11.3 Å². The lowest BCUT2D eigenvalue weighted by Crippen LogP contribution is -2.33. The highest BCUT2D eigenvalue weighted by Gasteiger charge is 2.22. The Morgan fingerprint density at radius 1 is 1.19 bits per heavy atom. The van der Waals surface area contributed by atoms with E-state index in [2.05, 4.69) is 25.2 Å². The number of rotatable bonds is 3. The first kappa shape index (κ1) is 19.2. The molecule has 0 bridgehead atoms. The first-order chi connectivity index (χ1) is 12.6. The second kappa shape index (κ2) is 7.21. The minimum atomic E-state index is -0.444. The predicted octanol–water partition coefficient (Wildman–Crippen LogP) is 3.56. The fourth-order valence-corrected chi connectivity index (χ4v) is 3.25. The highest BCUT2D eigenvalue weighted by Crippen LogP contribution is 2.26. The summed E-state index contributed by atoms with van der Waals surface area (Å²) in [5.74, 6) is 0.138. The second-order valence-electron chi connectivity index (χ2n) is 8.27. The molecule has 3 rings (SSSR count). The van der Waals surface area contributed by atoms with Gasteiger partial charge in [-0.2, -0.15) is 4.39 Å². The summed E-state index contributed by atoms with van der Waals surface area (Å²) in [5, 5.41) is 2.95. The minimum absolute atomic E-state index is 0.0370. The molecule has 1 aliphatic heterocycles. The summed E-state index contributed by atoms with van der Waals surface area (Å²) in [6.07, 6.45) is 1.08. The molecule has 1 N–H and O–H groups in total. The molecule has 0 saturated heterocycles. The van der Waals surface area contributed by atoms with Gasteiger partial charge in [-0.25, -0.2) is 15.0 Å². The quantitative estimate of drug-likeness (QED) is 0.835. The maximum Gasteiger partial charge on any atom is 0.226 e. The summed E-state index contributed by atoms with van der Waals surface area (Å²) in [7, 11) is 0. The Balaban J connectivity index is 1.79. The van der Waals surface area contributed by atoms with Crippen LogP contribution in [-0.4, -0.2) is 27.4 Å². The van der Waals surface area contributed by atoms with E-state index in [0.717, 1.165) is 22.6 Å². The number of hydrogen-bond acceptors (Lipinski definition) is 5. The number of aromatic nitrogens is 3. The van der Waals surface area contributed by atoms with Gasteiger partial charge in [0.05, 0.1) is 22.8 Å². The SMILES string of the molecule is Cc1nc(N2CCc3nc(F)ccc3C2)nc(C)c1NC(=O)CC(C)(C)C. The van der Waals surface area contributed by atoms with Crippen molar-refractivity contribution in [1.82, 2.24) is 15.0 Å². The zero-order chi connectivity index (χ0) is 19.8. The van der Waals surface area contributed by atoms with Gasteiger partial charge in [0.2, 0.25) is 17.8 Å². The van der Waals surface area contributed by atoms with Gasteiger partial charge in [0.25, 0.3) is 0 Å². The zero-order valence-electron chi connectivity index (χ0n) is 16.6. The number of pyridine rings is 1. The number of amides is 1. The van der Waals surface area contributed by atoms with Crippen LogP contribution in [0.3, 0.4) is 0 Å². The van der Waals surface area contributed by atoms with Crippen LogP contribution < -0.4 is 10.2 Å². The van der Waals surface area contributed by atoms with Crippen LogP contribution in [0.1, 0.15) is 49.8 Å². The Morgan fingerprint density at radius 2 is 1.85 bits per heavy atom. The molecule has 6 nitrogen and oxygen atoms in total. The van der Waals surface area contributed by atoms with Crippen LogP contribution in [0.15, 0.2) is 12.1 Å². The number of nitrogens with zero attached hydrogens (tertiary/aromatic N) is 4. The molecule has 0 fully saturated rings. The van der Waals surface area contributed by atoms with Crippen LogP contribution in [0.5, 0.6) is 0 Å². The van der Waals surface area contributed by atoms with Gasteiger partial charge in [0.1, 0.15) is 0 Å². The van der Waals surface area contributed by atoms with Gasteiger partial charge in [0.15, 0.2) is 0 Å². The van der Waals surface area contributed by atoms with Crippen molar-refractivity contribution in [2.24, 2.45) is 5.41 Å². The molecule has 0 aromatic carbocycles. The Hall–Kier alpha value is -2.57. The first-order valence-corrected chi connectivity index (χ1v) is 9.17. The average Bonchev–Trinajstić information content (AvgIpc) is 2.56. The highest BCUT2D eigenvalue weighted by atomic mass is 19.1. The lowest BCUT2D eigenvalue weighted by molar-refractivity contribution is -0.117. The standard InChI is InChI=1S/C20H26FN5O/c1-12-18(25-17(27)10-20(3,4)5)13(2)23-19(22-12)26-9-8-15-14(11-26)6-7-16(21)24-15/h6-7H,8-11H2,1-5H3,(H,25,27). The summed E-state index contributed by atoms with van der Waals surface area (Å²) in [6, 6.07) is 3.15. The molecule has 0 unspecified atom stereocenters. The molecule has 0 spiro atoms. The molecular weight excluding hydrogens is 345 g/mol. The van der Waals surface area contributed by atoms with Gasteiger partial charge in [0, 0.05) is 25.9 Å². The molecule has 3 heterocycles. The molecule has 0 atom stereocenters. The summed E-state index contributed by atoms with van der Waals surface area (Å²) in [4.78, 5) is 27.5. The fourth-order valence-electron chi connectivity index (χ4n) is 3.25. The molecule has 7 heteroatoms. The number of anilines is 2. The van der Waals surface area contributed by atoms with E-state index >= 15 is 0 Å². The van der Waals surface area contributed by atoms with Gasteiger partial charge in [-0.15, -0.1) is 0 Å². The lowest BCUT2D eigenvalue weighted by atomic mass is 9.92. The summed E-state index contributed by atoms with van der Waals surface area (Å²) in [5.41, 5.74) is 3.86. The molecule has 0 saturated carbocycles. The summed E-state index contributed by atoms with van der Waals surface area (Å²) in [6.45, 7) is 11.1. The van der Waals surface area contributed by atoms with Gasteiger partial charge < -0.3 is 10.2 Å². The Bertz CT molecular complexity index is 852. The predicted molar refractivity (Wildman–Crippen MR) is 103 cm³/mol. The number of aryl methyl sites for hydroxylation is 2. The maximum absolute atomic E-state index is 13.3. The smallest absolute Gasteiger partial charge is 0.226 e. The van der Waals surface area contributed by atoms with Crippen LogP contribution in [-0.2, 0) is 17.8 Å². The molecule has 27 heavy (non-hydrogen) atoms. The average molecular weight is 371 g/mol. The summed E-state index contributed by atoms with van der Waals surface area (Å²) >= 11 is 0. The van der Waals surface area contributed by atoms with Crippen molar-refractivity contribution < 1.29 is 9.18 Å². The third-order valence-corrected chi connectivity index (χ3v) is 4.51. The van der Waals surface area contributed by atoms with E-state index < -0.39 is 5.95 Å². The first-order valence-electron chi connectivity index (χ1n) is 9.17. The molecule has 2 aromatic rings. The van der Waals surface area contributed by atoms with Crippen molar-refractivity contribution in [2.75, 3.05) is 16.8 Å². The van der Waals surface area contributed by atoms with E-state index in [0.29, 0.717) is 37.6 Å². The molecule has 144 valence electrons. The number of nitrogens with one attached hydrogen (secondary N) is 1. The lowest BCUT2D eigenvalue weighted by Gasteiger charge is -2.29. The van der Waals surface area contributed by atoms with Crippen molar-refractivity contribution in [3.05, 3.63) is 40.7 Å². The highest BCUT2D eigenvalue weighted by molar-refractivity contribution is 5.92. The molecule has 0 aliphatic carbocycles. The number of halogens is 1. The van der Waals surface area contributed by atoms with Crippen LogP contribution >= 0.6 is 0 Å². The van der Waals surface area contributed by atoms with Crippen molar-refractivity contribution >= 4 is 17.5 Å². The van der Waals surface area contributed by atoms with E-state index in [4.69, 9.17) is 0 Å². The molecule has 2 aromatic heterocycles.